The van der Waals surface area contributed by atoms with Gasteiger partial charge in [0, 0.05) is 33.1 Å². The van der Waals surface area contributed by atoms with Gasteiger partial charge < -0.3 is 9.88 Å². The zero-order valence-corrected chi connectivity index (χ0v) is 12.0. The Morgan fingerprint density at radius 2 is 2.05 bits per heavy atom. The van der Waals surface area contributed by atoms with Crippen molar-refractivity contribution >= 4 is 11.2 Å². The molecule has 1 aliphatic rings. The number of aryl methyl sites for hydroxylation is 2. The van der Waals surface area contributed by atoms with Crippen LogP contribution in [-0.2, 0) is 20.5 Å². The summed E-state index contributed by atoms with van der Waals surface area (Å²) in [5.74, 6) is 0.868. The molecule has 7 heteroatoms. The Hall–Kier alpha value is -1.89. The van der Waals surface area contributed by atoms with Gasteiger partial charge in [0.25, 0.3) is 5.56 Å². The molecule has 1 N–H and O–H groups in total. The predicted octanol–water partition coefficient (Wildman–Crippen LogP) is -0.469. The molecule has 0 saturated carbocycles. The lowest BCUT2D eigenvalue weighted by Gasteiger charge is -2.15. The van der Waals surface area contributed by atoms with Crippen LogP contribution in [0.1, 0.15) is 25.2 Å². The molecule has 0 amide bonds. The zero-order chi connectivity index (χ0) is 14.4. The third-order valence-corrected chi connectivity index (χ3v) is 4.08. The van der Waals surface area contributed by atoms with Crippen LogP contribution in [0.3, 0.4) is 0 Å². The molecule has 108 valence electrons. The van der Waals surface area contributed by atoms with Crippen molar-refractivity contribution in [2.75, 3.05) is 13.1 Å². The van der Waals surface area contributed by atoms with E-state index in [1.807, 2.05) is 11.5 Å². The summed E-state index contributed by atoms with van der Waals surface area (Å²) in [7, 11) is 3.17. The van der Waals surface area contributed by atoms with Gasteiger partial charge in [-0.15, -0.1) is 0 Å². The number of hydrogen-bond acceptors (Lipinski definition) is 4. The highest BCUT2D eigenvalue weighted by Gasteiger charge is 2.25. The summed E-state index contributed by atoms with van der Waals surface area (Å²) >= 11 is 0. The second-order valence-electron chi connectivity index (χ2n) is 5.28. The van der Waals surface area contributed by atoms with E-state index in [0.29, 0.717) is 11.2 Å². The third-order valence-electron chi connectivity index (χ3n) is 4.08. The molecule has 2 aromatic heterocycles. The average molecular weight is 277 g/mol. The van der Waals surface area contributed by atoms with Gasteiger partial charge in [0.1, 0.15) is 5.82 Å². The topological polar surface area (TPSA) is 73.8 Å². The second kappa shape index (κ2) is 4.59. The maximum atomic E-state index is 12.5. The summed E-state index contributed by atoms with van der Waals surface area (Å²) in [4.78, 5) is 29.0. The maximum Gasteiger partial charge on any atom is 0.332 e. The van der Waals surface area contributed by atoms with Crippen molar-refractivity contribution in [1.29, 1.82) is 0 Å². The van der Waals surface area contributed by atoms with Gasteiger partial charge in [-0.2, -0.15) is 0 Å². The summed E-state index contributed by atoms with van der Waals surface area (Å²) < 4.78 is 4.63. The van der Waals surface area contributed by atoms with Gasteiger partial charge in [0.05, 0.1) is 0 Å². The first kappa shape index (κ1) is 13.1. The highest BCUT2D eigenvalue weighted by atomic mass is 16.2. The van der Waals surface area contributed by atoms with Gasteiger partial charge >= 0.3 is 5.69 Å². The van der Waals surface area contributed by atoms with Crippen LogP contribution < -0.4 is 16.6 Å². The Labute approximate surface area is 115 Å². The van der Waals surface area contributed by atoms with Crippen molar-refractivity contribution < 1.29 is 0 Å². The average Bonchev–Trinajstić information content (AvgIpc) is 3.08. The molecular weight excluding hydrogens is 258 g/mol. The van der Waals surface area contributed by atoms with E-state index >= 15 is 0 Å². The Morgan fingerprint density at radius 3 is 2.65 bits per heavy atom. The van der Waals surface area contributed by atoms with Gasteiger partial charge in [0.15, 0.2) is 11.2 Å². The fourth-order valence-electron chi connectivity index (χ4n) is 2.96. The van der Waals surface area contributed by atoms with Crippen molar-refractivity contribution in [3.8, 4) is 0 Å². The van der Waals surface area contributed by atoms with E-state index in [0.717, 1.165) is 36.3 Å². The van der Waals surface area contributed by atoms with Gasteiger partial charge in [-0.1, -0.05) is 6.92 Å². The summed E-state index contributed by atoms with van der Waals surface area (Å²) in [6.07, 6.45) is 1.72. The van der Waals surface area contributed by atoms with Crippen molar-refractivity contribution in [1.82, 2.24) is 24.0 Å². The summed E-state index contributed by atoms with van der Waals surface area (Å²) in [5.41, 5.74) is 0.434. The molecule has 0 aliphatic carbocycles. The molecule has 0 aromatic carbocycles. The largest absolute Gasteiger partial charge is 0.332 e. The Kier molecular flexibility index (Phi) is 3.01. The minimum absolute atomic E-state index is 0.236. The lowest BCUT2D eigenvalue weighted by atomic mass is 10.2. The fraction of sp³-hybridized carbons (Fsp3) is 0.615. The summed E-state index contributed by atoms with van der Waals surface area (Å²) in [6, 6.07) is 0.236. The molecule has 3 rings (SSSR count). The van der Waals surface area contributed by atoms with E-state index in [2.05, 4.69) is 10.3 Å². The van der Waals surface area contributed by atoms with Crippen molar-refractivity contribution in [2.24, 2.45) is 14.1 Å². The van der Waals surface area contributed by atoms with Crippen LogP contribution >= 0.6 is 0 Å². The molecule has 1 atom stereocenters. The predicted molar refractivity (Wildman–Crippen MR) is 76.1 cm³/mol. The van der Waals surface area contributed by atoms with Gasteiger partial charge in [-0.3, -0.25) is 13.9 Å². The van der Waals surface area contributed by atoms with E-state index in [4.69, 9.17) is 0 Å². The van der Waals surface area contributed by atoms with Crippen LogP contribution in [0, 0.1) is 0 Å². The number of imidazole rings is 1. The van der Waals surface area contributed by atoms with Crippen LogP contribution in [0.5, 0.6) is 0 Å². The van der Waals surface area contributed by atoms with E-state index in [9.17, 15) is 9.59 Å². The first-order valence-electron chi connectivity index (χ1n) is 6.93. The SMILES string of the molecule is CCc1nc2c(c(=O)n(C)c(=O)n2C)n1C1CCNC1. The van der Waals surface area contributed by atoms with Crippen LogP contribution in [0.2, 0.25) is 0 Å². The monoisotopic (exact) mass is 277 g/mol. The van der Waals surface area contributed by atoms with Crippen LogP contribution in [0.15, 0.2) is 9.59 Å². The van der Waals surface area contributed by atoms with Crippen LogP contribution in [-0.4, -0.2) is 31.8 Å². The fourth-order valence-corrected chi connectivity index (χ4v) is 2.96. The molecule has 0 radical (unpaired) electrons. The van der Waals surface area contributed by atoms with Crippen molar-refractivity contribution in [3.63, 3.8) is 0 Å². The molecular formula is C13H19N5O2. The third kappa shape index (κ3) is 1.66. The summed E-state index contributed by atoms with van der Waals surface area (Å²) in [6.45, 7) is 3.80. The van der Waals surface area contributed by atoms with Gasteiger partial charge in [0.2, 0.25) is 0 Å². The number of aromatic nitrogens is 4. The molecule has 1 saturated heterocycles. The smallest absolute Gasteiger partial charge is 0.318 e. The van der Waals surface area contributed by atoms with Gasteiger partial charge in [-0.05, 0) is 13.0 Å². The second-order valence-corrected chi connectivity index (χ2v) is 5.28. The normalized spacial score (nSPS) is 19.1. The summed E-state index contributed by atoms with van der Waals surface area (Å²) in [5, 5.41) is 3.31. The first-order chi connectivity index (χ1) is 9.56. The van der Waals surface area contributed by atoms with Crippen molar-refractivity contribution in [2.45, 2.75) is 25.8 Å². The number of fused-ring (bicyclic) bond motifs is 1. The molecule has 1 fully saturated rings. The quantitative estimate of drug-likeness (QED) is 0.805. The van der Waals surface area contributed by atoms with E-state index in [-0.39, 0.29) is 17.3 Å². The standard InChI is InChI=1S/C13H19N5O2/c1-4-9-15-11-10(18(9)8-5-6-14-7-8)12(19)17(3)13(20)16(11)2/h8,14H,4-7H2,1-3H3. The molecule has 1 unspecified atom stereocenters. The van der Waals surface area contributed by atoms with Crippen LogP contribution in [0.4, 0.5) is 0 Å². The first-order valence-corrected chi connectivity index (χ1v) is 6.93. The number of nitrogens with zero attached hydrogens (tertiary/aromatic N) is 4. The van der Waals surface area contributed by atoms with Crippen molar-refractivity contribution in [3.05, 3.63) is 26.7 Å². The minimum Gasteiger partial charge on any atom is -0.318 e. The lowest BCUT2D eigenvalue weighted by molar-refractivity contribution is 0.536. The van der Waals surface area contributed by atoms with E-state index < -0.39 is 0 Å². The minimum atomic E-state index is -0.334. The Bertz CT molecular complexity index is 777. The van der Waals surface area contributed by atoms with E-state index in [1.165, 1.54) is 11.6 Å². The Balaban J connectivity index is 2.44. The number of hydrogen-bond donors (Lipinski definition) is 1. The lowest BCUT2D eigenvalue weighted by Crippen LogP contribution is -2.38. The highest BCUT2D eigenvalue weighted by Crippen LogP contribution is 2.22. The van der Waals surface area contributed by atoms with Crippen LogP contribution in [0.25, 0.3) is 11.2 Å². The Morgan fingerprint density at radius 1 is 1.30 bits per heavy atom. The molecule has 3 heterocycles. The molecule has 1 aliphatic heterocycles. The van der Waals surface area contributed by atoms with E-state index in [1.54, 1.807) is 7.05 Å². The molecule has 0 spiro atoms. The molecule has 2 aromatic rings. The zero-order valence-electron chi connectivity index (χ0n) is 12.0. The molecule has 7 nitrogen and oxygen atoms in total. The molecule has 0 bridgehead atoms. The molecule has 20 heavy (non-hydrogen) atoms. The number of rotatable bonds is 2. The maximum absolute atomic E-state index is 12.5. The highest BCUT2D eigenvalue weighted by molar-refractivity contribution is 5.71. The number of nitrogens with one attached hydrogen (secondary N) is 1. The van der Waals surface area contributed by atoms with Gasteiger partial charge in [-0.25, -0.2) is 9.78 Å².